The predicted molar refractivity (Wildman–Crippen MR) is 78.4 cm³/mol. The molecule has 0 unspecified atom stereocenters. The summed E-state index contributed by atoms with van der Waals surface area (Å²) in [4.78, 5) is 4.40. The molecule has 0 atom stereocenters. The van der Waals surface area contributed by atoms with Crippen LogP contribution in [0.5, 0.6) is 0 Å². The lowest BCUT2D eigenvalue weighted by atomic mass is 10.3. The van der Waals surface area contributed by atoms with Crippen molar-refractivity contribution < 1.29 is 4.39 Å². The summed E-state index contributed by atoms with van der Waals surface area (Å²) < 4.78 is 14.1. The van der Waals surface area contributed by atoms with Gasteiger partial charge in [0.2, 0.25) is 0 Å². The molecule has 2 aromatic carbocycles. The standard InChI is InChI=1S/C14H10ClFN2S/c15-9-1-4-11(5-2-9)17-8-14-18-12-7-10(16)3-6-13(12)19-14/h1-7,17H,8H2. The van der Waals surface area contributed by atoms with Gasteiger partial charge in [-0.05, 0) is 36.4 Å². The number of nitrogens with one attached hydrogen (secondary N) is 1. The van der Waals surface area contributed by atoms with Gasteiger partial charge < -0.3 is 5.32 Å². The van der Waals surface area contributed by atoms with Gasteiger partial charge in [-0.15, -0.1) is 11.3 Å². The minimum Gasteiger partial charge on any atom is -0.379 e. The number of nitrogens with zero attached hydrogens (tertiary/aromatic N) is 1. The van der Waals surface area contributed by atoms with Crippen LogP contribution in [0.3, 0.4) is 0 Å². The summed E-state index contributed by atoms with van der Waals surface area (Å²) in [5.74, 6) is -0.255. The number of anilines is 1. The first-order valence-corrected chi connectivity index (χ1v) is 6.94. The molecule has 0 saturated heterocycles. The second-order valence-electron chi connectivity index (χ2n) is 4.08. The zero-order valence-electron chi connectivity index (χ0n) is 9.86. The zero-order valence-corrected chi connectivity index (χ0v) is 11.4. The van der Waals surface area contributed by atoms with Gasteiger partial charge in [-0.3, -0.25) is 0 Å². The van der Waals surface area contributed by atoms with E-state index in [1.165, 1.54) is 12.1 Å². The largest absolute Gasteiger partial charge is 0.379 e. The van der Waals surface area contributed by atoms with Crippen LogP contribution < -0.4 is 5.32 Å². The van der Waals surface area contributed by atoms with Crippen molar-refractivity contribution >= 4 is 38.8 Å². The molecule has 0 amide bonds. The maximum atomic E-state index is 13.1. The van der Waals surface area contributed by atoms with Crippen LogP contribution >= 0.6 is 22.9 Å². The van der Waals surface area contributed by atoms with Gasteiger partial charge in [0.15, 0.2) is 0 Å². The van der Waals surface area contributed by atoms with Gasteiger partial charge >= 0.3 is 0 Å². The normalized spacial score (nSPS) is 10.8. The molecule has 0 bridgehead atoms. The Morgan fingerprint density at radius 3 is 2.74 bits per heavy atom. The van der Waals surface area contributed by atoms with Crippen molar-refractivity contribution in [2.75, 3.05) is 5.32 Å². The Kier molecular flexibility index (Phi) is 3.36. The molecule has 3 rings (SSSR count). The van der Waals surface area contributed by atoms with Crippen molar-refractivity contribution in [1.29, 1.82) is 0 Å². The van der Waals surface area contributed by atoms with Crippen LogP contribution in [0.25, 0.3) is 10.2 Å². The number of thiazole rings is 1. The molecule has 0 spiro atoms. The van der Waals surface area contributed by atoms with E-state index in [0.29, 0.717) is 17.1 Å². The van der Waals surface area contributed by atoms with Gasteiger partial charge in [0, 0.05) is 16.8 Å². The Labute approximate surface area is 118 Å². The molecule has 1 heterocycles. The van der Waals surface area contributed by atoms with Gasteiger partial charge in [-0.1, -0.05) is 11.6 Å². The lowest BCUT2D eigenvalue weighted by Crippen LogP contribution is -1.98. The fourth-order valence-electron chi connectivity index (χ4n) is 1.77. The number of aromatic nitrogens is 1. The van der Waals surface area contributed by atoms with Gasteiger partial charge in [-0.25, -0.2) is 9.37 Å². The fourth-order valence-corrected chi connectivity index (χ4v) is 2.78. The number of benzene rings is 2. The average molecular weight is 293 g/mol. The number of rotatable bonds is 3. The topological polar surface area (TPSA) is 24.9 Å². The number of hydrogen-bond acceptors (Lipinski definition) is 3. The van der Waals surface area contributed by atoms with Gasteiger partial charge in [-0.2, -0.15) is 0 Å². The van der Waals surface area contributed by atoms with E-state index in [0.717, 1.165) is 15.4 Å². The van der Waals surface area contributed by atoms with E-state index >= 15 is 0 Å². The summed E-state index contributed by atoms with van der Waals surface area (Å²) in [7, 11) is 0. The summed E-state index contributed by atoms with van der Waals surface area (Å²) in [5.41, 5.74) is 1.69. The van der Waals surface area contributed by atoms with E-state index in [2.05, 4.69) is 10.3 Å². The molecule has 96 valence electrons. The van der Waals surface area contributed by atoms with Gasteiger partial charge in [0.25, 0.3) is 0 Å². The van der Waals surface area contributed by atoms with Crippen LogP contribution in [-0.2, 0) is 6.54 Å². The molecule has 0 fully saturated rings. The first kappa shape index (κ1) is 12.4. The third-order valence-corrected chi connectivity index (χ3v) is 3.97. The second kappa shape index (κ2) is 5.15. The van der Waals surface area contributed by atoms with Crippen LogP contribution in [0.15, 0.2) is 42.5 Å². The van der Waals surface area contributed by atoms with Crippen molar-refractivity contribution in [1.82, 2.24) is 4.98 Å². The van der Waals surface area contributed by atoms with E-state index < -0.39 is 0 Å². The van der Waals surface area contributed by atoms with Gasteiger partial charge in [0.05, 0.1) is 16.8 Å². The Bertz CT molecular complexity index is 709. The van der Waals surface area contributed by atoms with Crippen LogP contribution in [0.1, 0.15) is 5.01 Å². The van der Waals surface area contributed by atoms with E-state index in [-0.39, 0.29) is 5.82 Å². The zero-order chi connectivity index (χ0) is 13.2. The minimum atomic E-state index is -0.255. The third-order valence-electron chi connectivity index (χ3n) is 2.68. The highest BCUT2D eigenvalue weighted by Crippen LogP contribution is 2.23. The maximum Gasteiger partial charge on any atom is 0.125 e. The molecule has 0 aliphatic rings. The Hall–Kier alpha value is -1.65. The van der Waals surface area contributed by atoms with Crippen LogP contribution in [-0.4, -0.2) is 4.98 Å². The monoisotopic (exact) mass is 292 g/mol. The van der Waals surface area contributed by atoms with Crippen molar-refractivity contribution in [3.8, 4) is 0 Å². The average Bonchev–Trinajstić information content (AvgIpc) is 2.80. The Morgan fingerprint density at radius 1 is 1.16 bits per heavy atom. The predicted octanol–water partition coefficient (Wildman–Crippen LogP) is 4.70. The van der Waals surface area contributed by atoms with E-state index in [1.807, 2.05) is 24.3 Å². The number of fused-ring (bicyclic) bond motifs is 1. The quantitative estimate of drug-likeness (QED) is 0.757. The van der Waals surface area contributed by atoms with Gasteiger partial charge in [0.1, 0.15) is 10.8 Å². The molecule has 0 radical (unpaired) electrons. The second-order valence-corrected chi connectivity index (χ2v) is 5.63. The maximum absolute atomic E-state index is 13.1. The van der Waals surface area contributed by atoms with E-state index in [4.69, 9.17) is 11.6 Å². The SMILES string of the molecule is Fc1ccc2sc(CNc3ccc(Cl)cc3)nc2c1. The summed E-state index contributed by atoms with van der Waals surface area (Å²) in [6.45, 7) is 0.614. The van der Waals surface area contributed by atoms with Crippen molar-refractivity contribution in [2.24, 2.45) is 0 Å². The van der Waals surface area contributed by atoms with Crippen LogP contribution in [0.2, 0.25) is 5.02 Å². The van der Waals surface area contributed by atoms with Crippen LogP contribution in [0.4, 0.5) is 10.1 Å². The van der Waals surface area contributed by atoms with Crippen molar-refractivity contribution in [2.45, 2.75) is 6.54 Å². The lowest BCUT2D eigenvalue weighted by molar-refractivity contribution is 0.629. The molecule has 2 nitrogen and oxygen atoms in total. The van der Waals surface area contributed by atoms with E-state index in [1.54, 1.807) is 17.4 Å². The molecule has 0 saturated carbocycles. The fraction of sp³-hybridized carbons (Fsp3) is 0.0714. The first-order chi connectivity index (χ1) is 9.20. The summed E-state index contributed by atoms with van der Waals surface area (Å²) in [6.07, 6.45) is 0. The highest BCUT2D eigenvalue weighted by Gasteiger charge is 2.04. The highest BCUT2D eigenvalue weighted by atomic mass is 35.5. The van der Waals surface area contributed by atoms with Crippen LogP contribution in [0, 0.1) is 5.82 Å². The first-order valence-electron chi connectivity index (χ1n) is 5.75. The number of halogens is 2. The molecule has 19 heavy (non-hydrogen) atoms. The summed E-state index contributed by atoms with van der Waals surface area (Å²) in [6, 6.07) is 12.2. The number of hydrogen-bond donors (Lipinski definition) is 1. The molecule has 3 aromatic rings. The van der Waals surface area contributed by atoms with Crippen molar-refractivity contribution in [3.05, 3.63) is 58.3 Å². The molecule has 0 aliphatic carbocycles. The van der Waals surface area contributed by atoms with E-state index in [9.17, 15) is 4.39 Å². The molecular weight excluding hydrogens is 283 g/mol. The molecule has 5 heteroatoms. The third kappa shape index (κ3) is 2.85. The Balaban J connectivity index is 1.76. The van der Waals surface area contributed by atoms with Crippen molar-refractivity contribution in [3.63, 3.8) is 0 Å². The summed E-state index contributed by atoms with van der Waals surface area (Å²) >= 11 is 7.39. The molecule has 1 N–H and O–H groups in total. The smallest absolute Gasteiger partial charge is 0.125 e. The summed E-state index contributed by atoms with van der Waals surface area (Å²) in [5, 5.41) is 4.89. The molecule has 1 aromatic heterocycles. The molecule has 0 aliphatic heterocycles. The highest BCUT2D eigenvalue weighted by molar-refractivity contribution is 7.18. The Morgan fingerprint density at radius 2 is 1.95 bits per heavy atom. The minimum absolute atomic E-state index is 0.255. The molecular formula is C14H10ClFN2S. The lowest BCUT2D eigenvalue weighted by Gasteiger charge is -2.03.